The van der Waals surface area contributed by atoms with Gasteiger partial charge in [0.25, 0.3) is 0 Å². The topological polar surface area (TPSA) is 49.3 Å². The van der Waals surface area contributed by atoms with E-state index in [1.807, 2.05) is 0 Å². The molecule has 1 rings (SSSR count). The lowest BCUT2D eigenvalue weighted by molar-refractivity contribution is -0.129. The molecule has 1 saturated carbocycles. The Morgan fingerprint density at radius 1 is 1.43 bits per heavy atom. The van der Waals surface area contributed by atoms with Crippen molar-refractivity contribution < 1.29 is 18.7 Å². The lowest BCUT2D eigenvalue weighted by atomic mass is 9.86. The maximum absolute atomic E-state index is 12.7. The van der Waals surface area contributed by atoms with E-state index in [1.165, 1.54) is 0 Å². The number of halogens is 2. The Hall–Kier alpha value is -0.710. The van der Waals surface area contributed by atoms with Crippen LogP contribution in [0.3, 0.4) is 0 Å². The number of nitrogens with one attached hydrogen (secondary N) is 1. The van der Waals surface area contributed by atoms with Crippen LogP contribution in [0.4, 0.5) is 8.78 Å². The van der Waals surface area contributed by atoms with Crippen molar-refractivity contribution in [1.82, 2.24) is 5.32 Å². The average molecular weight is 207 g/mol. The fraction of sp³-hybridized carbons (Fsp3) is 0.889. The summed E-state index contributed by atoms with van der Waals surface area (Å²) in [5, 5.41) is 11.0. The van der Waals surface area contributed by atoms with E-state index in [2.05, 4.69) is 5.32 Å². The van der Waals surface area contributed by atoms with Gasteiger partial charge >= 0.3 is 0 Å². The molecule has 0 aromatic heterocycles. The summed E-state index contributed by atoms with van der Waals surface area (Å²) in [6.07, 6.45) is 0.0724. The molecule has 0 spiro atoms. The molecule has 1 fully saturated rings. The van der Waals surface area contributed by atoms with Gasteiger partial charge in [-0.3, -0.25) is 4.79 Å². The molecule has 0 radical (unpaired) electrons. The van der Waals surface area contributed by atoms with Crippen LogP contribution in [-0.4, -0.2) is 30.1 Å². The van der Waals surface area contributed by atoms with Crippen molar-refractivity contribution in [2.75, 3.05) is 13.2 Å². The van der Waals surface area contributed by atoms with E-state index < -0.39 is 5.92 Å². The second-order valence-corrected chi connectivity index (χ2v) is 3.64. The molecule has 0 heterocycles. The largest absolute Gasteiger partial charge is 0.395 e. The van der Waals surface area contributed by atoms with Crippen LogP contribution in [0.15, 0.2) is 0 Å². The molecule has 0 atom stereocenters. The Balaban J connectivity index is 2.30. The van der Waals surface area contributed by atoms with Crippen LogP contribution in [0.1, 0.15) is 25.7 Å². The highest BCUT2D eigenvalue weighted by Crippen LogP contribution is 2.35. The molecule has 0 aromatic rings. The fourth-order valence-corrected chi connectivity index (χ4v) is 1.63. The van der Waals surface area contributed by atoms with Gasteiger partial charge in [-0.2, -0.15) is 0 Å². The summed E-state index contributed by atoms with van der Waals surface area (Å²) >= 11 is 0. The first-order chi connectivity index (χ1) is 6.55. The Kier molecular flexibility index (Phi) is 3.80. The Labute approximate surface area is 81.5 Å². The maximum Gasteiger partial charge on any atom is 0.248 e. The lowest BCUT2D eigenvalue weighted by Gasteiger charge is -2.27. The molecule has 3 nitrogen and oxygen atoms in total. The molecular weight excluding hydrogens is 192 g/mol. The third-order valence-electron chi connectivity index (χ3n) is 2.50. The molecule has 1 aliphatic carbocycles. The molecule has 0 saturated heterocycles. The molecule has 82 valence electrons. The summed E-state index contributed by atoms with van der Waals surface area (Å²) in [6.45, 7) is 0.0837. The van der Waals surface area contributed by atoms with Gasteiger partial charge in [-0.25, -0.2) is 8.78 Å². The highest BCUT2D eigenvalue weighted by atomic mass is 19.3. The maximum atomic E-state index is 12.7. The molecule has 1 aliphatic rings. The number of aliphatic hydroxyl groups excluding tert-OH is 1. The van der Waals surface area contributed by atoms with Crippen molar-refractivity contribution in [1.29, 1.82) is 0 Å². The van der Waals surface area contributed by atoms with Crippen LogP contribution in [0, 0.1) is 5.92 Å². The Bertz CT molecular complexity index is 199. The zero-order valence-electron chi connectivity index (χ0n) is 7.93. The third kappa shape index (κ3) is 3.21. The van der Waals surface area contributed by atoms with Crippen molar-refractivity contribution in [3.8, 4) is 0 Å². The van der Waals surface area contributed by atoms with E-state index in [9.17, 15) is 13.6 Å². The minimum Gasteiger partial charge on any atom is -0.395 e. The second kappa shape index (κ2) is 4.68. The zero-order chi connectivity index (χ0) is 10.6. The van der Waals surface area contributed by atoms with Crippen LogP contribution in [0.2, 0.25) is 0 Å². The van der Waals surface area contributed by atoms with Crippen LogP contribution < -0.4 is 5.32 Å². The molecule has 1 amide bonds. The standard InChI is InChI=1S/C9H15F2NO2/c10-9(11)3-1-7(2-4-9)8(14)12-5-6-13/h7,13H,1-6H2,(H,12,14). The van der Waals surface area contributed by atoms with Crippen LogP contribution in [0.5, 0.6) is 0 Å². The van der Waals surface area contributed by atoms with E-state index >= 15 is 0 Å². The first-order valence-corrected chi connectivity index (χ1v) is 4.81. The minimum absolute atomic E-state index is 0.116. The van der Waals surface area contributed by atoms with Crippen LogP contribution in [-0.2, 0) is 4.79 Å². The monoisotopic (exact) mass is 207 g/mol. The third-order valence-corrected chi connectivity index (χ3v) is 2.50. The summed E-state index contributed by atoms with van der Waals surface area (Å²) in [7, 11) is 0. The molecule has 0 aromatic carbocycles. The van der Waals surface area contributed by atoms with Crippen molar-refractivity contribution >= 4 is 5.91 Å². The minimum atomic E-state index is -2.59. The predicted octanol–water partition coefficient (Wildman–Crippen LogP) is 0.920. The van der Waals surface area contributed by atoms with Crippen LogP contribution >= 0.6 is 0 Å². The number of hydrogen-bond acceptors (Lipinski definition) is 2. The fourth-order valence-electron chi connectivity index (χ4n) is 1.63. The normalized spacial score (nSPS) is 21.9. The molecule has 2 N–H and O–H groups in total. The predicted molar refractivity (Wildman–Crippen MR) is 47.0 cm³/mol. The quantitative estimate of drug-likeness (QED) is 0.723. The van der Waals surface area contributed by atoms with Gasteiger partial charge in [-0.15, -0.1) is 0 Å². The van der Waals surface area contributed by atoms with Crippen molar-refractivity contribution in [3.63, 3.8) is 0 Å². The average Bonchev–Trinajstić information content (AvgIpc) is 2.14. The number of carbonyl (C=O) groups is 1. The van der Waals surface area contributed by atoms with Gasteiger partial charge in [0.15, 0.2) is 0 Å². The van der Waals surface area contributed by atoms with E-state index in [-0.39, 0.29) is 50.7 Å². The van der Waals surface area contributed by atoms with Crippen molar-refractivity contribution in [2.24, 2.45) is 5.92 Å². The SMILES string of the molecule is O=C(NCCO)C1CCC(F)(F)CC1. The molecule has 0 bridgehead atoms. The summed E-state index contributed by atoms with van der Waals surface area (Å²) in [5.74, 6) is -3.11. The molecule has 14 heavy (non-hydrogen) atoms. The molecule has 0 aliphatic heterocycles. The highest BCUT2D eigenvalue weighted by molar-refractivity contribution is 5.78. The smallest absolute Gasteiger partial charge is 0.248 e. The highest BCUT2D eigenvalue weighted by Gasteiger charge is 2.37. The summed E-state index contributed by atoms with van der Waals surface area (Å²) < 4.78 is 25.4. The zero-order valence-corrected chi connectivity index (χ0v) is 7.93. The number of aliphatic hydroxyl groups is 1. The molecular formula is C9H15F2NO2. The number of hydrogen-bond donors (Lipinski definition) is 2. The van der Waals surface area contributed by atoms with Gasteiger partial charge in [-0.05, 0) is 12.8 Å². The van der Waals surface area contributed by atoms with Crippen molar-refractivity contribution in [2.45, 2.75) is 31.6 Å². The van der Waals surface area contributed by atoms with Gasteiger partial charge in [-0.1, -0.05) is 0 Å². The van der Waals surface area contributed by atoms with E-state index in [4.69, 9.17) is 5.11 Å². The number of carbonyl (C=O) groups excluding carboxylic acids is 1. The summed E-state index contributed by atoms with van der Waals surface area (Å²) in [6, 6.07) is 0. The Morgan fingerprint density at radius 3 is 2.50 bits per heavy atom. The second-order valence-electron chi connectivity index (χ2n) is 3.64. The molecule has 0 unspecified atom stereocenters. The number of amides is 1. The van der Waals surface area contributed by atoms with Gasteiger partial charge in [0, 0.05) is 25.3 Å². The molecule has 5 heteroatoms. The van der Waals surface area contributed by atoms with E-state index in [1.54, 1.807) is 0 Å². The first kappa shape index (κ1) is 11.4. The Morgan fingerprint density at radius 2 is 2.00 bits per heavy atom. The van der Waals surface area contributed by atoms with Gasteiger partial charge in [0.05, 0.1) is 6.61 Å². The summed E-state index contributed by atoms with van der Waals surface area (Å²) in [5.41, 5.74) is 0. The first-order valence-electron chi connectivity index (χ1n) is 4.81. The van der Waals surface area contributed by atoms with E-state index in [0.29, 0.717) is 0 Å². The van der Waals surface area contributed by atoms with Gasteiger partial charge < -0.3 is 10.4 Å². The van der Waals surface area contributed by atoms with Gasteiger partial charge in [0.1, 0.15) is 0 Å². The number of alkyl halides is 2. The van der Waals surface area contributed by atoms with Crippen LogP contribution in [0.25, 0.3) is 0 Å². The lowest BCUT2D eigenvalue weighted by Crippen LogP contribution is -2.37. The summed E-state index contributed by atoms with van der Waals surface area (Å²) in [4.78, 5) is 11.3. The van der Waals surface area contributed by atoms with E-state index in [0.717, 1.165) is 0 Å². The number of rotatable bonds is 3. The van der Waals surface area contributed by atoms with Gasteiger partial charge in [0.2, 0.25) is 11.8 Å². The van der Waals surface area contributed by atoms with Crippen molar-refractivity contribution in [3.05, 3.63) is 0 Å².